The molecule has 1 aromatic heterocycles. The third kappa shape index (κ3) is 3.35. The first kappa shape index (κ1) is 14.3. The molecule has 1 heterocycles. The van der Waals surface area contributed by atoms with Crippen molar-refractivity contribution in [1.29, 1.82) is 0 Å². The summed E-state index contributed by atoms with van der Waals surface area (Å²) in [4.78, 5) is 11.5. The van der Waals surface area contributed by atoms with Crippen LogP contribution in [0.1, 0.15) is 30.1 Å². The van der Waals surface area contributed by atoms with Gasteiger partial charge in [0.15, 0.2) is 0 Å². The van der Waals surface area contributed by atoms with Crippen molar-refractivity contribution in [3.8, 4) is 0 Å². The van der Waals surface area contributed by atoms with Crippen LogP contribution in [0.3, 0.4) is 0 Å². The molecule has 110 valence electrons. The third-order valence-corrected chi connectivity index (χ3v) is 4.46. The van der Waals surface area contributed by atoms with E-state index < -0.39 is 0 Å². The number of hydrogen-bond acceptors (Lipinski definition) is 4. The molecule has 1 aromatic carbocycles. The fourth-order valence-corrected chi connectivity index (χ4v) is 2.67. The summed E-state index contributed by atoms with van der Waals surface area (Å²) in [5, 5.41) is 3.13. The van der Waals surface area contributed by atoms with Crippen molar-refractivity contribution in [2.45, 2.75) is 25.3 Å². The van der Waals surface area contributed by atoms with Gasteiger partial charge in [0.1, 0.15) is 17.5 Å². The van der Waals surface area contributed by atoms with E-state index in [-0.39, 0.29) is 0 Å². The number of anilines is 2. The Morgan fingerprint density at radius 2 is 2.05 bits per heavy atom. The van der Waals surface area contributed by atoms with Crippen LogP contribution in [0.15, 0.2) is 34.8 Å². The third-order valence-electron chi connectivity index (χ3n) is 3.69. The molecule has 2 aromatic rings. The first-order valence-electron chi connectivity index (χ1n) is 7.18. The van der Waals surface area contributed by atoms with Crippen molar-refractivity contribution in [3.63, 3.8) is 0 Å². The molecule has 5 heteroatoms. The first-order chi connectivity index (χ1) is 10.2. The summed E-state index contributed by atoms with van der Waals surface area (Å²) in [6.45, 7) is 0.811. The number of nitrogens with one attached hydrogen (secondary N) is 1. The molecule has 4 nitrogen and oxygen atoms in total. The molecule has 0 amide bonds. The minimum absolute atomic E-state index is 0.550. The topological polar surface area (TPSA) is 41.0 Å². The molecule has 21 heavy (non-hydrogen) atoms. The van der Waals surface area contributed by atoms with Crippen LogP contribution >= 0.6 is 15.9 Å². The lowest BCUT2D eigenvalue weighted by Crippen LogP contribution is -2.19. The fourth-order valence-electron chi connectivity index (χ4n) is 2.26. The highest BCUT2D eigenvalue weighted by Crippen LogP contribution is 2.39. The second kappa shape index (κ2) is 6.02. The summed E-state index contributed by atoms with van der Waals surface area (Å²) in [5.74, 6) is 3.37. The van der Waals surface area contributed by atoms with Crippen molar-refractivity contribution >= 4 is 27.6 Å². The first-order valence-corrected chi connectivity index (χ1v) is 7.98. The van der Waals surface area contributed by atoms with Crippen molar-refractivity contribution in [2.24, 2.45) is 0 Å². The Balaban J connectivity index is 1.85. The molecular weight excluding hydrogens is 328 g/mol. The highest BCUT2D eigenvalue weighted by atomic mass is 79.9. The van der Waals surface area contributed by atoms with E-state index in [4.69, 9.17) is 4.98 Å². The van der Waals surface area contributed by atoms with E-state index in [1.54, 1.807) is 0 Å². The maximum atomic E-state index is 4.73. The van der Waals surface area contributed by atoms with Crippen molar-refractivity contribution in [1.82, 2.24) is 9.97 Å². The molecule has 1 aliphatic carbocycles. The van der Waals surface area contributed by atoms with Gasteiger partial charge in [-0.05, 0) is 24.5 Å². The van der Waals surface area contributed by atoms with Gasteiger partial charge in [-0.25, -0.2) is 9.97 Å². The van der Waals surface area contributed by atoms with Crippen LogP contribution in [-0.2, 0) is 6.54 Å². The van der Waals surface area contributed by atoms with E-state index in [2.05, 4.69) is 56.4 Å². The molecule has 1 saturated carbocycles. The monoisotopic (exact) mass is 346 g/mol. The van der Waals surface area contributed by atoms with Crippen LogP contribution in [0.5, 0.6) is 0 Å². The van der Waals surface area contributed by atoms with Gasteiger partial charge in [0.25, 0.3) is 0 Å². The summed E-state index contributed by atoms with van der Waals surface area (Å²) < 4.78 is 1.13. The molecule has 0 spiro atoms. The summed E-state index contributed by atoms with van der Waals surface area (Å²) in [7, 11) is 3.97. The average molecular weight is 347 g/mol. The smallest absolute Gasteiger partial charge is 0.136 e. The predicted octanol–water partition coefficient (Wildman–Crippen LogP) is 3.79. The van der Waals surface area contributed by atoms with Gasteiger partial charge >= 0.3 is 0 Å². The van der Waals surface area contributed by atoms with Gasteiger partial charge in [0.05, 0.1) is 0 Å². The summed E-state index contributed by atoms with van der Waals surface area (Å²) >= 11 is 3.60. The van der Waals surface area contributed by atoms with E-state index in [1.165, 1.54) is 18.4 Å². The molecule has 0 radical (unpaired) electrons. The lowest BCUT2D eigenvalue weighted by Gasteiger charge is -2.20. The zero-order valence-electron chi connectivity index (χ0n) is 12.3. The lowest BCUT2D eigenvalue weighted by molar-refractivity contribution is 0.853. The predicted molar refractivity (Wildman–Crippen MR) is 89.8 cm³/mol. The maximum absolute atomic E-state index is 4.73. The quantitative estimate of drug-likeness (QED) is 0.893. The number of nitrogens with zero attached hydrogens (tertiary/aromatic N) is 3. The van der Waals surface area contributed by atoms with Crippen LogP contribution in [0.25, 0.3) is 0 Å². The average Bonchev–Trinajstić information content (AvgIpc) is 3.34. The van der Waals surface area contributed by atoms with Gasteiger partial charge in [-0.3, -0.25) is 0 Å². The van der Waals surface area contributed by atoms with Crippen molar-refractivity contribution in [3.05, 3.63) is 46.2 Å². The fraction of sp³-hybridized carbons (Fsp3) is 0.375. The number of rotatable bonds is 5. The van der Waals surface area contributed by atoms with Gasteiger partial charge in [0, 0.05) is 37.1 Å². The SMILES string of the molecule is CNc1cc(N(C)Cc2ccccc2Br)nc(C2CC2)n1. The second-order valence-corrected chi connectivity index (χ2v) is 6.30. The van der Waals surface area contributed by atoms with E-state index in [1.807, 2.05) is 19.2 Å². The molecule has 1 fully saturated rings. The highest BCUT2D eigenvalue weighted by molar-refractivity contribution is 9.10. The number of aromatic nitrogens is 2. The standard InChI is InChI=1S/C16H19BrN4/c1-18-14-9-15(20-16(19-14)11-7-8-11)21(2)10-12-5-3-4-6-13(12)17/h3-6,9,11H,7-8,10H2,1-2H3,(H,18,19,20). The van der Waals surface area contributed by atoms with Gasteiger partial charge in [0.2, 0.25) is 0 Å². The van der Waals surface area contributed by atoms with Gasteiger partial charge in [-0.15, -0.1) is 0 Å². The highest BCUT2D eigenvalue weighted by Gasteiger charge is 2.27. The van der Waals surface area contributed by atoms with Crippen LogP contribution < -0.4 is 10.2 Å². The molecule has 1 N–H and O–H groups in total. The molecule has 0 bridgehead atoms. The maximum Gasteiger partial charge on any atom is 0.136 e. The second-order valence-electron chi connectivity index (χ2n) is 5.44. The Bertz CT molecular complexity index is 640. The zero-order valence-corrected chi connectivity index (χ0v) is 13.9. The molecule has 1 aliphatic rings. The van der Waals surface area contributed by atoms with E-state index >= 15 is 0 Å². The Labute approximate surface area is 133 Å². The van der Waals surface area contributed by atoms with Crippen LogP contribution in [-0.4, -0.2) is 24.1 Å². The largest absolute Gasteiger partial charge is 0.373 e. The number of benzene rings is 1. The van der Waals surface area contributed by atoms with Crippen molar-refractivity contribution in [2.75, 3.05) is 24.3 Å². The van der Waals surface area contributed by atoms with E-state index in [0.29, 0.717) is 5.92 Å². The number of halogens is 1. The van der Waals surface area contributed by atoms with Gasteiger partial charge in [-0.2, -0.15) is 0 Å². The van der Waals surface area contributed by atoms with Crippen LogP contribution in [0.2, 0.25) is 0 Å². The van der Waals surface area contributed by atoms with Crippen LogP contribution in [0.4, 0.5) is 11.6 Å². The molecule has 0 aliphatic heterocycles. The lowest BCUT2D eigenvalue weighted by atomic mass is 10.2. The van der Waals surface area contributed by atoms with Crippen LogP contribution in [0, 0.1) is 0 Å². The number of hydrogen-bond donors (Lipinski definition) is 1. The molecule has 0 atom stereocenters. The summed E-state index contributed by atoms with van der Waals surface area (Å²) in [6, 6.07) is 10.3. The Morgan fingerprint density at radius 3 is 2.71 bits per heavy atom. The molecule has 0 unspecified atom stereocenters. The Morgan fingerprint density at radius 1 is 1.29 bits per heavy atom. The van der Waals surface area contributed by atoms with E-state index in [9.17, 15) is 0 Å². The van der Waals surface area contributed by atoms with Gasteiger partial charge < -0.3 is 10.2 Å². The van der Waals surface area contributed by atoms with Crippen molar-refractivity contribution < 1.29 is 0 Å². The normalized spacial score (nSPS) is 14.0. The van der Waals surface area contributed by atoms with E-state index in [0.717, 1.165) is 28.5 Å². The van der Waals surface area contributed by atoms with Gasteiger partial charge in [-0.1, -0.05) is 34.1 Å². The summed E-state index contributed by atoms with van der Waals surface area (Å²) in [6.07, 6.45) is 2.42. The summed E-state index contributed by atoms with van der Waals surface area (Å²) in [5.41, 5.74) is 1.25. The Kier molecular flexibility index (Phi) is 4.10. The Hall–Kier alpha value is -1.62. The minimum Gasteiger partial charge on any atom is -0.373 e. The molecule has 3 rings (SSSR count). The zero-order chi connectivity index (χ0) is 14.8. The molecule has 0 saturated heterocycles. The molecular formula is C16H19BrN4. The minimum atomic E-state index is 0.550.